The molecule has 3 aliphatic rings. The van der Waals surface area contributed by atoms with Gasteiger partial charge in [0.15, 0.2) is 0 Å². The van der Waals surface area contributed by atoms with Crippen LogP contribution in [0.25, 0.3) is 0 Å². The van der Waals surface area contributed by atoms with Crippen molar-refractivity contribution in [2.75, 3.05) is 39.3 Å². The van der Waals surface area contributed by atoms with E-state index in [9.17, 15) is 8.42 Å². The monoisotopic (exact) mass is 261 g/mol. The highest BCUT2D eigenvalue weighted by molar-refractivity contribution is 7.86. The van der Waals surface area contributed by atoms with Gasteiger partial charge in [-0.05, 0) is 12.8 Å². The predicted octanol–water partition coefficient (Wildman–Crippen LogP) is -1.00. The van der Waals surface area contributed by atoms with Crippen molar-refractivity contribution < 1.29 is 13.2 Å². The fourth-order valence-corrected chi connectivity index (χ4v) is 4.48. The normalized spacial score (nSPS) is 36.2. The second-order valence-electron chi connectivity index (χ2n) is 4.93. The third-order valence-corrected chi connectivity index (χ3v) is 5.71. The van der Waals surface area contributed by atoms with Gasteiger partial charge in [-0.25, -0.2) is 0 Å². The summed E-state index contributed by atoms with van der Waals surface area (Å²) in [6.07, 6.45) is 2.23. The molecule has 0 aromatic rings. The fraction of sp³-hybridized carbons (Fsp3) is 1.00. The minimum Gasteiger partial charge on any atom is -0.372 e. The van der Waals surface area contributed by atoms with E-state index >= 15 is 0 Å². The maximum absolute atomic E-state index is 12.4. The minimum atomic E-state index is -3.26. The standard InChI is InChI=1S/C10H19N3O3S/c14-17(15,12-5-3-11-4-6-12)13-7-9-1-2-10(8-13)16-9/h9-11H,1-8H2. The lowest BCUT2D eigenvalue weighted by Crippen LogP contribution is -2.55. The quantitative estimate of drug-likeness (QED) is 0.692. The maximum atomic E-state index is 12.4. The summed E-state index contributed by atoms with van der Waals surface area (Å²) >= 11 is 0. The molecule has 3 heterocycles. The average Bonchev–Trinajstić information content (AvgIpc) is 2.69. The Hall–Kier alpha value is -0.210. The van der Waals surface area contributed by atoms with Crippen molar-refractivity contribution in [2.45, 2.75) is 25.0 Å². The van der Waals surface area contributed by atoms with Crippen molar-refractivity contribution in [3.8, 4) is 0 Å². The van der Waals surface area contributed by atoms with Crippen LogP contribution in [0.3, 0.4) is 0 Å². The smallest absolute Gasteiger partial charge is 0.282 e. The van der Waals surface area contributed by atoms with Gasteiger partial charge in [-0.2, -0.15) is 17.0 Å². The zero-order chi connectivity index (χ0) is 11.9. The van der Waals surface area contributed by atoms with Crippen LogP contribution in [0.4, 0.5) is 0 Å². The van der Waals surface area contributed by atoms with Crippen LogP contribution in [-0.2, 0) is 14.9 Å². The van der Waals surface area contributed by atoms with Gasteiger partial charge in [0.1, 0.15) is 0 Å². The van der Waals surface area contributed by atoms with E-state index < -0.39 is 10.2 Å². The summed E-state index contributed by atoms with van der Waals surface area (Å²) in [5.74, 6) is 0. The molecule has 2 atom stereocenters. The van der Waals surface area contributed by atoms with E-state index in [0.29, 0.717) is 26.2 Å². The van der Waals surface area contributed by atoms with Gasteiger partial charge in [0.25, 0.3) is 10.2 Å². The Kier molecular flexibility index (Phi) is 3.12. The lowest BCUT2D eigenvalue weighted by molar-refractivity contribution is -0.0132. The molecular formula is C10H19N3O3S. The lowest BCUT2D eigenvalue weighted by Gasteiger charge is -2.36. The van der Waals surface area contributed by atoms with Crippen molar-refractivity contribution in [1.29, 1.82) is 0 Å². The summed E-state index contributed by atoms with van der Waals surface area (Å²) < 4.78 is 33.7. The second kappa shape index (κ2) is 4.47. The third-order valence-electron chi connectivity index (χ3n) is 3.74. The van der Waals surface area contributed by atoms with Crippen molar-refractivity contribution in [1.82, 2.24) is 13.9 Å². The lowest BCUT2D eigenvalue weighted by atomic mass is 10.2. The molecule has 98 valence electrons. The number of fused-ring (bicyclic) bond motifs is 2. The van der Waals surface area contributed by atoms with E-state index in [4.69, 9.17) is 4.74 Å². The van der Waals surface area contributed by atoms with Crippen LogP contribution in [0.2, 0.25) is 0 Å². The number of ether oxygens (including phenoxy) is 1. The van der Waals surface area contributed by atoms with Crippen LogP contribution in [0.15, 0.2) is 0 Å². The molecule has 3 rings (SSSR count). The third kappa shape index (κ3) is 2.22. The molecule has 3 saturated heterocycles. The molecule has 3 aliphatic heterocycles. The molecule has 2 unspecified atom stereocenters. The van der Waals surface area contributed by atoms with Gasteiger partial charge in [-0.1, -0.05) is 0 Å². The number of hydrogen-bond acceptors (Lipinski definition) is 4. The fourth-order valence-electron chi connectivity index (χ4n) is 2.80. The van der Waals surface area contributed by atoms with E-state index in [2.05, 4.69) is 5.32 Å². The number of nitrogens with one attached hydrogen (secondary N) is 1. The van der Waals surface area contributed by atoms with Gasteiger partial charge in [0.05, 0.1) is 12.2 Å². The maximum Gasteiger partial charge on any atom is 0.282 e. The van der Waals surface area contributed by atoms with Crippen LogP contribution < -0.4 is 5.32 Å². The van der Waals surface area contributed by atoms with Crippen molar-refractivity contribution >= 4 is 10.2 Å². The average molecular weight is 261 g/mol. The Morgan fingerprint density at radius 1 is 1.00 bits per heavy atom. The molecule has 17 heavy (non-hydrogen) atoms. The van der Waals surface area contributed by atoms with Crippen LogP contribution in [0, 0.1) is 0 Å². The van der Waals surface area contributed by atoms with Crippen molar-refractivity contribution in [2.24, 2.45) is 0 Å². The zero-order valence-corrected chi connectivity index (χ0v) is 10.7. The number of piperazine rings is 1. The van der Waals surface area contributed by atoms with Gasteiger partial charge in [-0.3, -0.25) is 0 Å². The van der Waals surface area contributed by atoms with Crippen LogP contribution in [0.5, 0.6) is 0 Å². The zero-order valence-electron chi connectivity index (χ0n) is 9.84. The SMILES string of the molecule is O=S(=O)(N1CCNCC1)N1CC2CCC(C1)O2. The molecule has 0 aliphatic carbocycles. The van der Waals surface area contributed by atoms with Gasteiger partial charge in [-0.15, -0.1) is 0 Å². The molecule has 0 aromatic heterocycles. The molecule has 1 N–H and O–H groups in total. The highest BCUT2D eigenvalue weighted by Crippen LogP contribution is 2.28. The number of nitrogens with zero attached hydrogens (tertiary/aromatic N) is 2. The Balaban J connectivity index is 1.73. The van der Waals surface area contributed by atoms with E-state index in [1.165, 1.54) is 0 Å². The highest BCUT2D eigenvalue weighted by atomic mass is 32.2. The topological polar surface area (TPSA) is 61.9 Å². The van der Waals surface area contributed by atoms with Gasteiger partial charge in [0, 0.05) is 39.3 Å². The molecular weight excluding hydrogens is 242 g/mol. The Morgan fingerprint density at radius 2 is 1.59 bits per heavy atom. The first-order chi connectivity index (χ1) is 8.16. The molecule has 6 nitrogen and oxygen atoms in total. The Labute approximate surface area is 102 Å². The summed E-state index contributed by atoms with van der Waals surface area (Å²) in [5.41, 5.74) is 0. The molecule has 0 spiro atoms. The number of rotatable bonds is 2. The summed E-state index contributed by atoms with van der Waals surface area (Å²) in [4.78, 5) is 0. The Bertz CT molecular complexity index is 368. The summed E-state index contributed by atoms with van der Waals surface area (Å²) in [5, 5.41) is 3.17. The van der Waals surface area contributed by atoms with Crippen molar-refractivity contribution in [3.05, 3.63) is 0 Å². The van der Waals surface area contributed by atoms with Crippen LogP contribution in [-0.4, -0.2) is 68.5 Å². The van der Waals surface area contributed by atoms with E-state index in [0.717, 1.165) is 25.9 Å². The first kappa shape index (κ1) is 11.9. The van der Waals surface area contributed by atoms with E-state index in [-0.39, 0.29) is 12.2 Å². The molecule has 2 bridgehead atoms. The molecule has 7 heteroatoms. The molecule has 3 fully saturated rings. The van der Waals surface area contributed by atoms with E-state index in [1.54, 1.807) is 8.61 Å². The van der Waals surface area contributed by atoms with E-state index in [1.807, 2.05) is 0 Å². The van der Waals surface area contributed by atoms with Gasteiger partial charge < -0.3 is 10.1 Å². The van der Waals surface area contributed by atoms with Crippen molar-refractivity contribution in [3.63, 3.8) is 0 Å². The second-order valence-corrected chi connectivity index (χ2v) is 6.86. The number of hydrogen-bond donors (Lipinski definition) is 1. The van der Waals surface area contributed by atoms with Gasteiger partial charge in [0.2, 0.25) is 0 Å². The van der Waals surface area contributed by atoms with Crippen LogP contribution in [0.1, 0.15) is 12.8 Å². The number of morpholine rings is 1. The summed E-state index contributed by atoms with van der Waals surface area (Å²) in [6, 6.07) is 0. The van der Waals surface area contributed by atoms with Gasteiger partial charge >= 0.3 is 0 Å². The minimum absolute atomic E-state index is 0.117. The molecule has 0 aromatic carbocycles. The Morgan fingerprint density at radius 3 is 2.18 bits per heavy atom. The highest BCUT2D eigenvalue weighted by Gasteiger charge is 2.41. The first-order valence-corrected chi connectivity index (χ1v) is 7.67. The van der Waals surface area contributed by atoms with Crippen LogP contribution >= 0.6 is 0 Å². The predicted molar refractivity (Wildman–Crippen MR) is 62.8 cm³/mol. The molecule has 0 radical (unpaired) electrons. The first-order valence-electron chi connectivity index (χ1n) is 6.27. The molecule has 0 amide bonds. The summed E-state index contributed by atoms with van der Waals surface area (Å²) in [7, 11) is -3.26. The summed E-state index contributed by atoms with van der Waals surface area (Å²) in [6.45, 7) is 3.71. The molecule has 0 saturated carbocycles. The largest absolute Gasteiger partial charge is 0.372 e.